The molecule has 2 rings (SSSR count). The number of benzene rings is 1. The molecule has 0 unspecified atom stereocenters. The Balaban J connectivity index is 2.03. The molecule has 0 aliphatic heterocycles. The molecule has 2 nitrogen and oxygen atoms in total. The van der Waals surface area contributed by atoms with Gasteiger partial charge in [-0.1, -0.05) is 31.2 Å². The van der Waals surface area contributed by atoms with Gasteiger partial charge in [0.2, 0.25) is 0 Å². The first-order valence-electron chi connectivity index (χ1n) is 6.38. The van der Waals surface area contributed by atoms with Crippen molar-refractivity contribution >= 4 is 30.6 Å². The molecule has 0 atom stereocenters. The van der Waals surface area contributed by atoms with Gasteiger partial charge in [-0.2, -0.15) is 0 Å². The summed E-state index contributed by atoms with van der Waals surface area (Å²) >= 11 is 5.81. The number of nitrogens with zero attached hydrogens (tertiary/aromatic N) is 1. The van der Waals surface area contributed by atoms with Crippen LogP contribution in [0.2, 0.25) is 30.7 Å². The van der Waals surface area contributed by atoms with Gasteiger partial charge in [0.25, 0.3) is 0 Å². The van der Waals surface area contributed by atoms with Crippen LogP contribution >= 0.6 is 11.6 Å². The van der Waals surface area contributed by atoms with Crippen molar-refractivity contribution < 1.29 is 9.13 Å². The fraction of sp³-hybridized carbons (Fsp3) is 0.429. The van der Waals surface area contributed by atoms with Crippen LogP contribution in [0.15, 0.2) is 24.4 Å². The van der Waals surface area contributed by atoms with E-state index in [0.29, 0.717) is 6.73 Å². The van der Waals surface area contributed by atoms with Crippen LogP contribution < -0.4 is 0 Å². The molecule has 0 saturated carbocycles. The van der Waals surface area contributed by atoms with Crippen molar-refractivity contribution in [3.05, 3.63) is 35.2 Å². The minimum atomic E-state index is -1.05. The second-order valence-electron chi connectivity index (χ2n) is 5.96. The smallest absolute Gasteiger partial charge is 0.142 e. The van der Waals surface area contributed by atoms with Crippen molar-refractivity contribution in [2.24, 2.45) is 0 Å². The zero-order valence-electron chi connectivity index (χ0n) is 11.5. The molecule has 0 spiro atoms. The number of rotatable bonds is 5. The van der Waals surface area contributed by atoms with E-state index in [-0.39, 0.29) is 10.8 Å². The number of hydrogen-bond donors (Lipinski definition) is 0. The van der Waals surface area contributed by atoms with Crippen molar-refractivity contribution in [3.8, 4) is 0 Å². The first kappa shape index (κ1) is 14.6. The Morgan fingerprint density at radius 3 is 2.74 bits per heavy atom. The molecule has 0 aliphatic rings. The zero-order valence-corrected chi connectivity index (χ0v) is 13.3. The standard InChI is InChI=1S/C14H19ClFNOSi/c1-19(2,3)7-6-18-10-17-5-4-11-8-13(16)12(15)9-14(11)17/h4-5,8-9H,6-7,10H2,1-3H3. The SMILES string of the molecule is C[Si](C)(C)CCOCn1ccc2cc(F)c(Cl)cc21. The summed E-state index contributed by atoms with van der Waals surface area (Å²) in [6.45, 7) is 8.22. The van der Waals surface area contributed by atoms with Gasteiger partial charge < -0.3 is 9.30 Å². The van der Waals surface area contributed by atoms with Gasteiger partial charge in [-0.05, 0) is 24.2 Å². The van der Waals surface area contributed by atoms with Crippen molar-refractivity contribution in [3.63, 3.8) is 0 Å². The summed E-state index contributed by atoms with van der Waals surface area (Å²) in [7, 11) is -1.05. The fourth-order valence-electron chi connectivity index (χ4n) is 1.84. The third-order valence-electron chi connectivity index (χ3n) is 3.04. The summed E-state index contributed by atoms with van der Waals surface area (Å²) < 4.78 is 21.0. The number of aromatic nitrogens is 1. The van der Waals surface area contributed by atoms with E-state index < -0.39 is 8.07 Å². The topological polar surface area (TPSA) is 14.2 Å². The molecule has 0 amide bonds. The summed E-state index contributed by atoms with van der Waals surface area (Å²) in [6.07, 6.45) is 1.90. The van der Waals surface area contributed by atoms with Gasteiger partial charge in [0, 0.05) is 26.3 Å². The summed E-state index contributed by atoms with van der Waals surface area (Å²) in [4.78, 5) is 0. The Kier molecular flexibility index (Phi) is 4.33. The lowest BCUT2D eigenvalue weighted by atomic mass is 10.2. The first-order valence-corrected chi connectivity index (χ1v) is 10.5. The maximum Gasteiger partial charge on any atom is 0.142 e. The molecular formula is C14H19ClFNOSi. The van der Waals surface area contributed by atoms with E-state index >= 15 is 0 Å². The van der Waals surface area contributed by atoms with Crippen LogP contribution in [0.4, 0.5) is 4.39 Å². The number of hydrogen-bond acceptors (Lipinski definition) is 1. The van der Waals surface area contributed by atoms with Crippen LogP contribution in [0.1, 0.15) is 0 Å². The Morgan fingerprint density at radius 2 is 2.05 bits per heavy atom. The molecule has 1 aromatic heterocycles. The first-order chi connectivity index (χ1) is 8.87. The van der Waals surface area contributed by atoms with E-state index in [2.05, 4.69) is 19.6 Å². The maximum atomic E-state index is 13.3. The summed E-state index contributed by atoms with van der Waals surface area (Å²) in [5.41, 5.74) is 0.902. The predicted octanol–water partition coefficient (Wildman–Crippen LogP) is 4.75. The molecule has 2 aromatic rings. The summed E-state index contributed by atoms with van der Waals surface area (Å²) in [5, 5.41) is 0.991. The molecule has 0 radical (unpaired) electrons. The van der Waals surface area contributed by atoms with Gasteiger partial charge >= 0.3 is 0 Å². The van der Waals surface area contributed by atoms with E-state index in [0.717, 1.165) is 23.6 Å². The van der Waals surface area contributed by atoms with E-state index in [4.69, 9.17) is 16.3 Å². The Labute approximate surface area is 119 Å². The third kappa shape index (κ3) is 3.81. The van der Waals surface area contributed by atoms with Crippen LogP contribution in [0.5, 0.6) is 0 Å². The normalized spacial score (nSPS) is 12.3. The van der Waals surface area contributed by atoms with Crippen molar-refractivity contribution in [2.75, 3.05) is 6.61 Å². The summed E-state index contributed by atoms with van der Waals surface area (Å²) in [5.74, 6) is -0.383. The molecule has 5 heteroatoms. The van der Waals surface area contributed by atoms with E-state index in [1.54, 1.807) is 6.07 Å². The average Bonchev–Trinajstić information content (AvgIpc) is 2.67. The largest absolute Gasteiger partial charge is 0.361 e. The predicted molar refractivity (Wildman–Crippen MR) is 81.0 cm³/mol. The minimum Gasteiger partial charge on any atom is -0.361 e. The van der Waals surface area contributed by atoms with E-state index in [1.807, 2.05) is 16.8 Å². The van der Waals surface area contributed by atoms with E-state index in [1.165, 1.54) is 6.07 Å². The molecule has 1 aromatic carbocycles. The van der Waals surface area contributed by atoms with Gasteiger partial charge in [-0.25, -0.2) is 4.39 Å². The number of halogens is 2. The highest BCUT2D eigenvalue weighted by molar-refractivity contribution is 6.76. The molecule has 0 fully saturated rings. The molecule has 19 heavy (non-hydrogen) atoms. The average molecular weight is 300 g/mol. The van der Waals surface area contributed by atoms with Crippen molar-refractivity contribution in [1.29, 1.82) is 0 Å². The van der Waals surface area contributed by atoms with Gasteiger partial charge in [0.1, 0.15) is 12.5 Å². The Bertz CT molecular complexity index is 577. The number of ether oxygens (including phenoxy) is 1. The lowest BCUT2D eigenvalue weighted by molar-refractivity contribution is 0.0902. The van der Waals surface area contributed by atoms with Crippen LogP contribution in [0.25, 0.3) is 10.9 Å². The number of fused-ring (bicyclic) bond motifs is 1. The molecule has 0 bridgehead atoms. The van der Waals surface area contributed by atoms with Gasteiger partial charge in [0.15, 0.2) is 0 Å². The maximum absolute atomic E-state index is 13.3. The van der Waals surface area contributed by atoms with Crippen molar-refractivity contribution in [2.45, 2.75) is 32.4 Å². The van der Waals surface area contributed by atoms with Crippen LogP contribution in [-0.4, -0.2) is 19.2 Å². The lowest BCUT2D eigenvalue weighted by Gasteiger charge is -2.15. The van der Waals surface area contributed by atoms with Crippen LogP contribution in [0, 0.1) is 5.82 Å². The fourth-order valence-corrected chi connectivity index (χ4v) is 2.75. The molecular weight excluding hydrogens is 281 g/mol. The van der Waals surface area contributed by atoms with E-state index in [9.17, 15) is 4.39 Å². The highest BCUT2D eigenvalue weighted by Crippen LogP contribution is 2.24. The third-order valence-corrected chi connectivity index (χ3v) is 5.03. The second kappa shape index (κ2) is 5.65. The van der Waals surface area contributed by atoms with Gasteiger partial charge in [0.05, 0.1) is 10.5 Å². The van der Waals surface area contributed by atoms with Crippen LogP contribution in [-0.2, 0) is 11.5 Å². The molecule has 0 saturated heterocycles. The van der Waals surface area contributed by atoms with Crippen molar-refractivity contribution in [1.82, 2.24) is 4.57 Å². The Hall–Kier alpha value is -0.843. The van der Waals surface area contributed by atoms with Gasteiger partial charge in [-0.3, -0.25) is 0 Å². The highest BCUT2D eigenvalue weighted by atomic mass is 35.5. The minimum absolute atomic E-state index is 0.148. The summed E-state index contributed by atoms with van der Waals surface area (Å²) in [6, 6.07) is 6.11. The zero-order chi connectivity index (χ0) is 14.0. The molecule has 0 N–H and O–H groups in total. The Morgan fingerprint density at radius 1 is 1.32 bits per heavy atom. The van der Waals surface area contributed by atoms with Gasteiger partial charge in [-0.15, -0.1) is 0 Å². The highest BCUT2D eigenvalue weighted by Gasteiger charge is 2.12. The quantitative estimate of drug-likeness (QED) is 0.574. The van der Waals surface area contributed by atoms with Crippen LogP contribution in [0.3, 0.4) is 0 Å². The lowest BCUT2D eigenvalue weighted by Crippen LogP contribution is -2.21. The molecule has 1 heterocycles. The molecule has 104 valence electrons. The monoisotopic (exact) mass is 299 g/mol. The molecule has 0 aliphatic carbocycles. The second-order valence-corrected chi connectivity index (χ2v) is 12.0.